The van der Waals surface area contributed by atoms with Crippen molar-refractivity contribution in [2.75, 3.05) is 14.2 Å². The Kier molecular flexibility index (Phi) is 3.91. The molecule has 6 nitrogen and oxygen atoms in total. The fourth-order valence-electron chi connectivity index (χ4n) is 2.08. The van der Waals surface area contributed by atoms with E-state index >= 15 is 0 Å². The van der Waals surface area contributed by atoms with Crippen molar-refractivity contribution < 1.29 is 19.3 Å². The van der Waals surface area contributed by atoms with Crippen molar-refractivity contribution in [1.29, 1.82) is 5.26 Å². The fraction of sp³-hybridized carbons (Fsp3) is 0.125. The largest absolute Gasteiger partial charge is 0.502 e. The van der Waals surface area contributed by atoms with Crippen molar-refractivity contribution >= 4 is 21.6 Å². The maximum absolute atomic E-state index is 9.91. The van der Waals surface area contributed by atoms with Crippen molar-refractivity contribution in [3.63, 3.8) is 0 Å². The van der Waals surface area contributed by atoms with Crippen molar-refractivity contribution in [3.8, 4) is 34.8 Å². The standard InChI is InChI=1S/C16H12N2O4S/c1-20-12-5-10(6-13(21-2)16(12)19)22-9-3-4-11-14(7-9)23-15(8-17)18-11/h3-7,19H,1-2H3. The van der Waals surface area contributed by atoms with Gasteiger partial charge in [0.15, 0.2) is 16.5 Å². The molecule has 1 heterocycles. The smallest absolute Gasteiger partial charge is 0.201 e. The van der Waals surface area contributed by atoms with Crippen molar-refractivity contribution in [2.45, 2.75) is 0 Å². The van der Waals surface area contributed by atoms with Crippen molar-refractivity contribution in [1.82, 2.24) is 4.98 Å². The van der Waals surface area contributed by atoms with Gasteiger partial charge in [-0.25, -0.2) is 4.98 Å². The summed E-state index contributed by atoms with van der Waals surface area (Å²) in [6.07, 6.45) is 0. The molecule has 0 aliphatic heterocycles. The molecule has 7 heteroatoms. The Hall–Kier alpha value is -2.98. The lowest BCUT2D eigenvalue weighted by Crippen LogP contribution is -1.91. The number of hydrogen-bond acceptors (Lipinski definition) is 7. The highest BCUT2D eigenvalue weighted by Crippen LogP contribution is 2.41. The minimum Gasteiger partial charge on any atom is -0.502 e. The first-order chi connectivity index (χ1) is 11.1. The molecule has 0 bridgehead atoms. The van der Waals surface area contributed by atoms with Crippen molar-refractivity contribution in [3.05, 3.63) is 35.3 Å². The molecule has 0 aliphatic carbocycles. The Morgan fingerprint density at radius 3 is 2.39 bits per heavy atom. The molecule has 0 fully saturated rings. The van der Waals surface area contributed by atoms with Crippen LogP contribution >= 0.6 is 11.3 Å². The first kappa shape index (κ1) is 14.9. The van der Waals surface area contributed by atoms with Gasteiger partial charge in [-0.2, -0.15) is 5.26 Å². The number of aromatic hydroxyl groups is 1. The second kappa shape index (κ2) is 6.02. The molecular weight excluding hydrogens is 316 g/mol. The third kappa shape index (κ3) is 2.84. The van der Waals surface area contributed by atoms with Crippen LogP contribution < -0.4 is 14.2 Å². The molecule has 0 atom stereocenters. The fourth-order valence-corrected chi connectivity index (χ4v) is 2.87. The molecule has 0 aliphatic rings. The lowest BCUT2D eigenvalue weighted by Gasteiger charge is -2.12. The predicted octanol–water partition coefficient (Wildman–Crippen LogP) is 3.68. The number of phenolic OH excluding ortho intramolecular Hbond substituents is 1. The Bertz CT molecular complexity index is 889. The third-order valence-electron chi connectivity index (χ3n) is 3.14. The minimum absolute atomic E-state index is 0.0843. The Morgan fingerprint density at radius 2 is 1.78 bits per heavy atom. The topological polar surface area (TPSA) is 84.6 Å². The van der Waals surface area contributed by atoms with Gasteiger partial charge < -0.3 is 19.3 Å². The van der Waals surface area contributed by atoms with E-state index in [4.69, 9.17) is 19.5 Å². The lowest BCUT2D eigenvalue weighted by atomic mass is 10.2. The number of thiazole rings is 1. The Labute approximate surface area is 136 Å². The van der Waals surface area contributed by atoms with Gasteiger partial charge in [0, 0.05) is 18.2 Å². The van der Waals surface area contributed by atoms with E-state index in [9.17, 15) is 5.11 Å². The molecule has 1 aromatic heterocycles. The van der Waals surface area contributed by atoms with Gasteiger partial charge in [-0.1, -0.05) is 0 Å². The number of nitriles is 1. The van der Waals surface area contributed by atoms with E-state index in [1.165, 1.54) is 25.6 Å². The van der Waals surface area contributed by atoms with E-state index < -0.39 is 0 Å². The number of nitrogens with zero attached hydrogens (tertiary/aromatic N) is 2. The zero-order valence-electron chi connectivity index (χ0n) is 12.4. The van der Waals surface area contributed by atoms with Gasteiger partial charge >= 0.3 is 0 Å². The first-order valence-electron chi connectivity index (χ1n) is 6.58. The van der Waals surface area contributed by atoms with E-state index in [-0.39, 0.29) is 17.2 Å². The summed E-state index contributed by atoms with van der Waals surface area (Å²) < 4.78 is 16.9. The molecule has 116 valence electrons. The summed E-state index contributed by atoms with van der Waals surface area (Å²) in [4.78, 5) is 4.17. The summed E-state index contributed by atoms with van der Waals surface area (Å²) in [5, 5.41) is 19.2. The van der Waals surface area contributed by atoms with E-state index in [1.54, 1.807) is 30.3 Å². The van der Waals surface area contributed by atoms with E-state index in [0.29, 0.717) is 16.5 Å². The van der Waals surface area contributed by atoms with E-state index in [0.717, 1.165) is 10.2 Å². The third-order valence-corrected chi connectivity index (χ3v) is 4.07. The van der Waals surface area contributed by atoms with Crippen LogP contribution in [0.3, 0.4) is 0 Å². The highest BCUT2D eigenvalue weighted by Gasteiger charge is 2.13. The van der Waals surface area contributed by atoms with Gasteiger partial charge in [-0.15, -0.1) is 11.3 Å². The van der Waals surface area contributed by atoms with Gasteiger partial charge in [0.25, 0.3) is 0 Å². The van der Waals surface area contributed by atoms with Crippen LogP contribution in [-0.4, -0.2) is 24.3 Å². The van der Waals surface area contributed by atoms with Crippen LogP contribution in [0.15, 0.2) is 30.3 Å². The number of rotatable bonds is 4. The zero-order valence-corrected chi connectivity index (χ0v) is 13.2. The molecule has 0 spiro atoms. The highest BCUT2D eigenvalue weighted by atomic mass is 32.1. The maximum atomic E-state index is 9.91. The molecule has 1 N–H and O–H groups in total. The SMILES string of the molecule is COc1cc(Oc2ccc3nc(C#N)sc3c2)cc(OC)c1O. The molecule has 2 aromatic carbocycles. The highest BCUT2D eigenvalue weighted by molar-refractivity contribution is 7.19. The number of fused-ring (bicyclic) bond motifs is 1. The number of aromatic nitrogens is 1. The molecule has 0 saturated heterocycles. The average Bonchev–Trinajstić information content (AvgIpc) is 2.98. The second-order valence-electron chi connectivity index (χ2n) is 4.54. The molecule has 0 saturated carbocycles. The minimum atomic E-state index is -0.0843. The number of phenols is 1. The summed E-state index contributed by atoms with van der Waals surface area (Å²) in [5.74, 6) is 1.47. The van der Waals surface area contributed by atoms with Gasteiger partial charge in [0.2, 0.25) is 5.75 Å². The zero-order chi connectivity index (χ0) is 16.4. The van der Waals surface area contributed by atoms with Crippen LogP contribution in [0.1, 0.15) is 5.01 Å². The summed E-state index contributed by atoms with van der Waals surface area (Å²) in [5.41, 5.74) is 0.750. The summed E-state index contributed by atoms with van der Waals surface area (Å²) in [6, 6.07) is 10.5. The number of benzene rings is 2. The average molecular weight is 328 g/mol. The lowest BCUT2D eigenvalue weighted by molar-refractivity contribution is 0.335. The molecule has 23 heavy (non-hydrogen) atoms. The molecule has 0 amide bonds. The van der Waals surface area contributed by atoms with E-state index in [2.05, 4.69) is 4.98 Å². The van der Waals surface area contributed by atoms with Crippen LogP contribution in [0.4, 0.5) is 0 Å². The maximum Gasteiger partial charge on any atom is 0.201 e. The number of ether oxygens (including phenoxy) is 3. The number of hydrogen-bond donors (Lipinski definition) is 1. The first-order valence-corrected chi connectivity index (χ1v) is 7.39. The normalized spacial score (nSPS) is 10.3. The number of methoxy groups -OCH3 is 2. The second-order valence-corrected chi connectivity index (χ2v) is 5.57. The Balaban J connectivity index is 1.96. The summed E-state index contributed by atoms with van der Waals surface area (Å²) >= 11 is 1.30. The molecular formula is C16H12N2O4S. The quantitative estimate of drug-likeness (QED) is 0.786. The molecule has 3 rings (SSSR count). The van der Waals surface area contributed by atoms with Crippen LogP contribution in [-0.2, 0) is 0 Å². The van der Waals surface area contributed by atoms with Crippen LogP contribution in [0.25, 0.3) is 10.2 Å². The van der Waals surface area contributed by atoms with Crippen LogP contribution in [0, 0.1) is 11.3 Å². The summed E-state index contributed by atoms with van der Waals surface area (Å²) in [6.45, 7) is 0. The van der Waals surface area contributed by atoms with Gasteiger partial charge in [-0.3, -0.25) is 0 Å². The Morgan fingerprint density at radius 1 is 1.09 bits per heavy atom. The van der Waals surface area contributed by atoms with Crippen LogP contribution in [0.2, 0.25) is 0 Å². The van der Waals surface area contributed by atoms with Gasteiger partial charge in [0.05, 0.1) is 24.4 Å². The monoisotopic (exact) mass is 328 g/mol. The summed E-state index contributed by atoms with van der Waals surface area (Å²) in [7, 11) is 2.90. The molecule has 0 unspecified atom stereocenters. The van der Waals surface area contributed by atoms with Gasteiger partial charge in [0.1, 0.15) is 17.6 Å². The van der Waals surface area contributed by atoms with Crippen molar-refractivity contribution in [2.24, 2.45) is 0 Å². The van der Waals surface area contributed by atoms with Gasteiger partial charge in [-0.05, 0) is 12.1 Å². The predicted molar refractivity (Wildman–Crippen MR) is 85.6 cm³/mol. The van der Waals surface area contributed by atoms with E-state index in [1.807, 2.05) is 6.07 Å². The molecule has 0 radical (unpaired) electrons. The molecule has 3 aromatic rings. The van der Waals surface area contributed by atoms with Crippen LogP contribution in [0.5, 0.6) is 28.7 Å².